The normalized spacial score (nSPS) is 21.8. The van der Waals surface area contributed by atoms with Crippen molar-refractivity contribution < 1.29 is 0 Å². The lowest BCUT2D eigenvalue weighted by Crippen LogP contribution is -2.47. The molecule has 0 aromatic carbocycles. The van der Waals surface area contributed by atoms with Gasteiger partial charge < -0.3 is 15.2 Å². The van der Waals surface area contributed by atoms with Crippen molar-refractivity contribution in [2.24, 2.45) is 0 Å². The summed E-state index contributed by atoms with van der Waals surface area (Å²) in [7, 11) is 2.16. The summed E-state index contributed by atoms with van der Waals surface area (Å²) < 4.78 is 0. The Bertz CT molecular complexity index is 409. The average Bonchev–Trinajstić information content (AvgIpc) is 2.96. The highest BCUT2D eigenvalue weighted by Gasteiger charge is 2.16. The molecule has 0 atom stereocenters. The van der Waals surface area contributed by atoms with Crippen LogP contribution in [0.4, 0.5) is 11.6 Å². The topological polar surface area (TPSA) is 47.5 Å². The van der Waals surface area contributed by atoms with Gasteiger partial charge in [-0.15, -0.1) is 0 Å². The van der Waals surface area contributed by atoms with Gasteiger partial charge in [-0.1, -0.05) is 0 Å². The van der Waals surface area contributed by atoms with E-state index in [0.29, 0.717) is 0 Å². The summed E-state index contributed by atoms with van der Waals surface area (Å²) in [5.74, 6) is 1.95. The van der Waals surface area contributed by atoms with Crippen LogP contribution in [-0.4, -0.2) is 66.2 Å². The van der Waals surface area contributed by atoms with Crippen LogP contribution in [0.15, 0.2) is 12.4 Å². The fourth-order valence-corrected chi connectivity index (χ4v) is 2.61. The quantitative estimate of drug-likeness (QED) is 0.863. The van der Waals surface area contributed by atoms with Crippen molar-refractivity contribution in [2.75, 3.05) is 56.6 Å². The number of rotatable bonds is 3. The van der Waals surface area contributed by atoms with Gasteiger partial charge in [0.05, 0.1) is 0 Å². The smallest absolute Gasteiger partial charge is 0.145 e. The van der Waals surface area contributed by atoms with Gasteiger partial charge in [0.25, 0.3) is 0 Å². The second kappa shape index (κ2) is 5.71. The number of nitrogens with one attached hydrogen (secondary N) is 1. The molecule has 0 aliphatic carbocycles. The first kappa shape index (κ1) is 12.6. The van der Waals surface area contributed by atoms with Crippen LogP contribution >= 0.6 is 0 Å². The van der Waals surface area contributed by atoms with Crippen LogP contribution in [-0.2, 0) is 0 Å². The predicted octanol–water partition coefficient (Wildman–Crippen LogP) is 0.651. The van der Waals surface area contributed by atoms with E-state index in [-0.39, 0.29) is 0 Å². The van der Waals surface area contributed by atoms with Crippen molar-refractivity contribution >= 4 is 11.6 Å². The van der Waals surface area contributed by atoms with E-state index in [1.54, 1.807) is 6.33 Å². The second-order valence-corrected chi connectivity index (χ2v) is 5.36. The monoisotopic (exact) mass is 262 g/mol. The maximum absolute atomic E-state index is 4.37. The molecule has 6 heteroatoms. The Labute approximate surface area is 114 Å². The molecule has 0 radical (unpaired) electrons. The Morgan fingerprint density at radius 2 is 1.74 bits per heavy atom. The molecule has 3 rings (SSSR count). The molecular weight excluding hydrogens is 240 g/mol. The molecule has 0 amide bonds. The number of hydrogen-bond acceptors (Lipinski definition) is 6. The molecule has 1 N–H and O–H groups in total. The first-order chi connectivity index (χ1) is 9.31. The second-order valence-electron chi connectivity index (χ2n) is 5.36. The molecule has 0 saturated carbocycles. The Morgan fingerprint density at radius 1 is 1.00 bits per heavy atom. The van der Waals surface area contributed by atoms with Crippen molar-refractivity contribution in [1.82, 2.24) is 19.9 Å². The summed E-state index contributed by atoms with van der Waals surface area (Å²) in [4.78, 5) is 13.4. The van der Waals surface area contributed by atoms with Crippen molar-refractivity contribution in [3.63, 3.8) is 0 Å². The van der Waals surface area contributed by atoms with Gasteiger partial charge in [-0.3, -0.25) is 0 Å². The number of likely N-dealkylation sites (N-methyl/N-ethyl adjacent to an activating group) is 1. The molecule has 6 nitrogen and oxygen atoms in total. The average molecular weight is 262 g/mol. The number of piperazine rings is 1. The molecule has 3 heterocycles. The molecule has 2 aliphatic rings. The van der Waals surface area contributed by atoms with Gasteiger partial charge in [0.15, 0.2) is 0 Å². The van der Waals surface area contributed by atoms with E-state index in [0.717, 1.165) is 50.9 Å². The van der Waals surface area contributed by atoms with Gasteiger partial charge in [-0.25, -0.2) is 15.0 Å². The third-order valence-electron chi connectivity index (χ3n) is 3.86. The highest BCUT2D eigenvalue weighted by molar-refractivity contribution is 5.48. The molecule has 2 aliphatic heterocycles. The van der Waals surface area contributed by atoms with Gasteiger partial charge in [-0.2, -0.15) is 0 Å². The van der Waals surface area contributed by atoms with Gasteiger partial charge >= 0.3 is 0 Å². The maximum Gasteiger partial charge on any atom is 0.145 e. The van der Waals surface area contributed by atoms with Gasteiger partial charge in [-0.05, 0) is 19.9 Å². The fraction of sp³-hybridized carbons (Fsp3) is 0.692. The maximum atomic E-state index is 4.37. The summed E-state index contributed by atoms with van der Waals surface area (Å²) in [6.07, 6.45) is 4.20. The molecule has 104 valence electrons. The van der Waals surface area contributed by atoms with E-state index in [2.05, 4.69) is 43.3 Å². The predicted molar refractivity (Wildman–Crippen MR) is 76.2 cm³/mol. The van der Waals surface area contributed by atoms with E-state index in [1.807, 2.05) is 0 Å². The highest BCUT2D eigenvalue weighted by atomic mass is 15.5. The molecule has 19 heavy (non-hydrogen) atoms. The lowest BCUT2D eigenvalue weighted by atomic mass is 10.4. The van der Waals surface area contributed by atoms with Crippen molar-refractivity contribution in [1.29, 1.82) is 0 Å². The van der Waals surface area contributed by atoms with E-state index in [9.17, 15) is 0 Å². The Kier molecular flexibility index (Phi) is 3.79. The zero-order chi connectivity index (χ0) is 13.1. The number of nitrogens with zero attached hydrogens (tertiary/aromatic N) is 5. The van der Waals surface area contributed by atoms with Crippen LogP contribution in [0.5, 0.6) is 0 Å². The van der Waals surface area contributed by atoms with Crippen LogP contribution in [0.1, 0.15) is 12.8 Å². The third kappa shape index (κ3) is 3.13. The minimum Gasteiger partial charge on any atom is -0.356 e. The number of hydrogen-bond donors (Lipinski definition) is 1. The number of anilines is 2. The number of hydrazine groups is 1. The Morgan fingerprint density at radius 3 is 2.47 bits per heavy atom. The largest absolute Gasteiger partial charge is 0.356 e. The minimum absolute atomic E-state index is 0.904. The molecular formula is C13H22N6. The molecule has 0 unspecified atom stereocenters. The van der Waals surface area contributed by atoms with Crippen LogP contribution in [0, 0.1) is 0 Å². The number of aromatic nitrogens is 2. The summed E-state index contributed by atoms with van der Waals surface area (Å²) in [5, 5.41) is 2.23. The highest BCUT2D eigenvalue weighted by Crippen LogP contribution is 2.19. The SMILES string of the molecule is CN1CCN(Nc2cc(N3CCCC3)ncn2)CC1. The van der Waals surface area contributed by atoms with Crippen molar-refractivity contribution in [3.05, 3.63) is 12.4 Å². The lowest BCUT2D eigenvalue weighted by Gasteiger charge is -2.32. The van der Waals surface area contributed by atoms with Gasteiger partial charge in [0, 0.05) is 45.3 Å². The van der Waals surface area contributed by atoms with E-state index >= 15 is 0 Å². The summed E-state index contributed by atoms with van der Waals surface area (Å²) >= 11 is 0. The van der Waals surface area contributed by atoms with Crippen molar-refractivity contribution in [3.8, 4) is 0 Å². The van der Waals surface area contributed by atoms with Gasteiger partial charge in [0.2, 0.25) is 0 Å². The van der Waals surface area contributed by atoms with E-state index < -0.39 is 0 Å². The fourth-order valence-electron chi connectivity index (χ4n) is 2.61. The molecule has 0 bridgehead atoms. The minimum atomic E-state index is 0.904. The lowest BCUT2D eigenvalue weighted by molar-refractivity contribution is 0.178. The molecule has 2 fully saturated rings. The molecule has 1 aromatic heterocycles. The first-order valence-electron chi connectivity index (χ1n) is 7.08. The standard InChI is InChI=1S/C13H22N6/c1-17-6-8-19(9-7-17)16-12-10-13(15-11-14-12)18-4-2-3-5-18/h10-11H,2-9H2,1H3,(H,14,15,16). The Hall–Kier alpha value is -1.40. The van der Waals surface area contributed by atoms with Crippen LogP contribution in [0.25, 0.3) is 0 Å². The van der Waals surface area contributed by atoms with Crippen LogP contribution < -0.4 is 10.3 Å². The van der Waals surface area contributed by atoms with Crippen LogP contribution in [0.2, 0.25) is 0 Å². The Balaban J connectivity index is 1.62. The zero-order valence-electron chi connectivity index (χ0n) is 11.5. The van der Waals surface area contributed by atoms with Gasteiger partial charge in [0.1, 0.15) is 18.0 Å². The summed E-state index contributed by atoms with van der Waals surface area (Å²) in [6, 6.07) is 2.06. The zero-order valence-corrected chi connectivity index (χ0v) is 11.5. The summed E-state index contributed by atoms with van der Waals surface area (Å²) in [5.41, 5.74) is 3.39. The molecule has 0 spiro atoms. The molecule has 1 aromatic rings. The van der Waals surface area contributed by atoms with E-state index in [1.165, 1.54) is 12.8 Å². The summed E-state index contributed by atoms with van der Waals surface area (Å²) in [6.45, 7) is 6.48. The molecule has 2 saturated heterocycles. The van der Waals surface area contributed by atoms with Crippen molar-refractivity contribution in [2.45, 2.75) is 12.8 Å². The first-order valence-corrected chi connectivity index (χ1v) is 7.08. The van der Waals surface area contributed by atoms with E-state index in [4.69, 9.17) is 0 Å². The third-order valence-corrected chi connectivity index (χ3v) is 3.86. The van der Waals surface area contributed by atoms with Crippen LogP contribution in [0.3, 0.4) is 0 Å².